The van der Waals surface area contributed by atoms with Crippen molar-refractivity contribution in [1.82, 2.24) is 9.21 Å². The van der Waals surface area contributed by atoms with Gasteiger partial charge >= 0.3 is 0 Å². The third-order valence-electron chi connectivity index (χ3n) is 5.10. The van der Waals surface area contributed by atoms with Gasteiger partial charge in [0.15, 0.2) is 0 Å². The fourth-order valence-corrected chi connectivity index (χ4v) is 5.46. The second-order valence-corrected chi connectivity index (χ2v) is 9.58. The number of carbonyl (C=O) groups is 1. The number of nitrogens with zero attached hydrogens (tertiary/aromatic N) is 2. The normalized spacial score (nSPS) is 20.9. The van der Waals surface area contributed by atoms with Crippen LogP contribution in [0, 0.1) is 11.8 Å². The zero-order chi connectivity index (χ0) is 20.9. The molecule has 0 radical (unpaired) electrons. The number of hydrogen-bond acceptors (Lipinski definition) is 5. The number of ether oxygens (including phenoxy) is 1. The Hall–Kier alpha value is -1.64. The molecule has 0 bridgehead atoms. The monoisotopic (exact) mass is 411 g/mol. The smallest absolute Gasteiger partial charge is 0.243 e. The molecule has 1 aliphatic rings. The van der Waals surface area contributed by atoms with Crippen molar-refractivity contribution >= 4 is 21.6 Å². The first-order valence-corrected chi connectivity index (χ1v) is 11.4. The van der Waals surface area contributed by atoms with E-state index in [-0.39, 0.29) is 17.3 Å². The van der Waals surface area contributed by atoms with E-state index in [1.807, 2.05) is 0 Å². The maximum Gasteiger partial charge on any atom is 0.243 e. The number of methoxy groups -OCH3 is 1. The summed E-state index contributed by atoms with van der Waals surface area (Å²) in [6, 6.07) is 4.57. The first-order valence-electron chi connectivity index (χ1n) is 9.91. The van der Waals surface area contributed by atoms with E-state index < -0.39 is 10.0 Å². The Morgan fingerprint density at radius 3 is 2.36 bits per heavy atom. The molecule has 0 aliphatic carbocycles. The number of rotatable bonds is 8. The average molecular weight is 412 g/mol. The number of nitrogens with one attached hydrogen (secondary N) is 1. The molecule has 0 aromatic heterocycles. The summed E-state index contributed by atoms with van der Waals surface area (Å²) in [6.45, 7) is 10.8. The first kappa shape index (κ1) is 22.6. The molecule has 158 valence electrons. The van der Waals surface area contributed by atoms with Crippen LogP contribution in [0.15, 0.2) is 23.1 Å². The molecule has 1 saturated heterocycles. The van der Waals surface area contributed by atoms with E-state index in [2.05, 4.69) is 24.1 Å². The van der Waals surface area contributed by atoms with Crippen LogP contribution in [-0.2, 0) is 14.8 Å². The maximum atomic E-state index is 12.8. The maximum absolute atomic E-state index is 12.8. The third-order valence-corrected chi connectivity index (χ3v) is 7.15. The van der Waals surface area contributed by atoms with Crippen LogP contribution in [0.3, 0.4) is 0 Å². The molecule has 1 aromatic rings. The van der Waals surface area contributed by atoms with Crippen LogP contribution in [0.1, 0.15) is 34.1 Å². The van der Waals surface area contributed by atoms with Crippen molar-refractivity contribution in [1.29, 1.82) is 0 Å². The van der Waals surface area contributed by atoms with Crippen molar-refractivity contribution in [3.63, 3.8) is 0 Å². The summed E-state index contributed by atoms with van der Waals surface area (Å²) in [5.74, 6) is 1.39. The lowest BCUT2D eigenvalue weighted by molar-refractivity contribution is -0.117. The second-order valence-electron chi connectivity index (χ2n) is 7.64. The molecule has 0 unspecified atom stereocenters. The fraction of sp³-hybridized carbons (Fsp3) is 0.650. The zero-order valence-electron chi connectivity index (χ0n) is 17.6. The van der Waals surface area contributed by atoms with Crippen molar-refractivity contribution in [2.75, 3.05) is 45.2 Å². The third kappa shape index (κ3) is 5.46. The SMILES string of the molecule is CCN(CC)S(=O)(=O)c1ccc(OC)c(NC(=O)CN2C[C@@H](C)C[C@H](C)C2)c1. The van der Waals surface area contributed by atoms with Crippen LogP contribution in [0.2, 0.25) is 0 Å². The summed E-state index contributed by atoms with van der Waals surface area (Å²) < 4.78 is 32.3. The van der Waals surface area contributed by atoms with Crippen LogP contribution in [-0.4, -0.2) is 63.4 Å². The van der Waals surface area contributed by atoms with Crippen molar-refractivity contribution in [3.8, 4) is 5.75 Å². The largest absolute Gasteiger partial charge is 0.495 e. The number of benzene rings is 1. The molecule has 1 aromatic carbocycles. The molecule has 1 amide bonds. The van der Waals surface area contributed by atoms with E-state index in [1.165, 1.54) is 30.0 Å². The van der Waals surface area contributed by atoms with Crippen molar-refractivity contribution in [2.45, 2.75) is 39.0 Å². The summed E-state index contributed by atoms with van der Waals surface area (Å²) in [7, 11) is -2.11. The van der Waals surface area contributed by atoms with Crippen molar-refractivity contribution in [3.05, 3.63) is 18.2 Å². The lowest BCUT2D eigenvalue weighted by Gasteiger charge is -2.34. The molecule has 0 saturated carbocycles. The quantitative estimate of drug-likeness (QED) is 0.711. The Labute approximate surface area is 169 Å². The van der Waals surface area contributed by atoms with Crippen molar-refractivity contribution in [2.24, 2.45) is 11.8 Å². The van der Waals surface area contributed by atoms with Crippen LogP contribution >= 0.6 is 0 Å². The Morgan fingerprint density at radius 1 is 1.21 bits per heavy atom. The number of sulfonamides is 1. The molecular weight excluding hydrogens is 378 g/mol. The molecule has 8 heteroatoms. The van der Waals surface area contributed by atoms with Gasteiger partial charge in [0.05, 0.1) is 24.2 Å². The minimum absolute atomic E-state index is 0.146. The van der Waals surface area contributed by atoms with Gasteiger partial charge in [0.2, 0.25) is 15.9 Å². The van der Waals surface area contributed by atoms with Crippen LogP contribution in [0.4, 0.5) is 5.69 Å². The van der Waals surface area contributed by atoms with Gasteiger partial charge in [-0.25, -0.2) is 8.42 Å². The highest BCUT2D eigenvalue weighted by molar-refractivity contribution is 7.89. The van der Waals surface area contributed by atoms with Gasteiger partial charge in [-0.15, -0.1) is 0 Å². The molecule has 2 rings (SSSR count). The number of piperidine rings is 1. The Morgan fingerprint density at radius 2 is 1.82 bits per heavy atom. The van der Waals surface area contributed by atoms with Gasteiger partial charge in [0.1, 0.15) is 5.75 Å². The average Bonchev–Trinajstić information content (AvgIpc) is 2.61. The van der Waals surface area contributed by atoms with Gasteiger partial charge in [-0.2, -0.15) is 4.31 Å². The molecule has 1 N–H and O–H groups in total. The van der Waals surface area contributed by atoms with Crippen LogP contribution in [0.5, 0.6) is 5.75 Å². The van der Waals surface area contributed by atoms with E-state index in [9.17, 15) is 13.2 Å². The zero-order valence-corrected chi connectivity index (χ0v) is 18.4. The highest BCUT2D eigenvalue weighted by Crippen LogP contribution is 2.29. The number of hydrogen-bond donors (Lipinski definition) is 1. The molecule has 2 atom stereocenters. The van der Waals surface area contributed by atoms with Crippen molar-refractivity contribution < 1.29 is 17.9 Å². The molecule has 0 spiro atoms. The highest BCUT2D eigenvalue weighted by Gasteiger charge is 2.25. The fourth-order valence-electron chi connectivity index (χ4n) is 3.97. The number of carbonyl (C=O) groups excluding carboxylic acids is 1. The van der Waals surface area contributed by atoms with E-state index in [1.54, 1.807) is 19.9 Å². The van der Waals surface area contributed by atoms with E-state index >= 15 is 0 Å². The summed E-state index contributed by atoms with van der Waals surface area (Å²) in [4.78, 5) is 14.9. The number of amides is 1. The lowest BCUT2D eigenvalue weighted by atomic mass is 9.92. The summed E-state index contributed by atoms with van der Waals surface area (Å²) in [5, 5.41) is 2.84. The van der Waals surface area contributed by atoms with E-state index in [0.29, 0.717) is 36.4 Å². The van der Waals surface area contributed by atoms with Gasteiger partial charge in [-0.1, -0.05) is 27.7 Å². The topological polar surface area (TPSA) is 79.0 Å². The summed E-state index contributed by atoms with van der Waals surface area (Å²) >= 11 is 0. The molecule has 1 aliphatic heterocycles. The molecule has 7 nitrogen and oxygen atoms in total. The predicted octanol–water partition coefficient (Wildman–Crippen LogP) is 2.64. The molecule has 1 fully saturated rings. The Balaban J connectivity index is 2.19. The van der Waals surface area contributed by atoms with Gasteiger partial charge in [0.25, 0.3) is 0 Å². The Bertz CT molecular complexity index is 768. The Kier molecular flexibility index (Phi) is 7.86. The minimum Gasteiger partial charge on any atom is -0.495 e. The summed E-state index contributed by atoms with van der Waals surface area (Å²) in [6.07, 6.45) is 1.18. The minimum atomic E-state index is -3.61. The standard InChI is InChI=1S/C20H33N3O4S/c1-6-23(7-2)28(25,26)17-8-9-19(27-5)18(11-17)21-20(24)14-22-12-15(3)10-16(4)13-22/h8-9,11,15-16H,6-7,10,12-14H2,1-5H3,(H,21,24)/t15-,16-/m0/s1. The number of likely N-dealkylation sites (tertiary alicyclic amines) is 1. The molecular formula is C20H33N3O4S. The van der Waals surface area contributed by atoms with Crippen LogP contribution in [0.25, 0.3) is 0 Å². The molecule has 28 heavy (non-hydrogen) atoms. The number of anilines is 1. The van der Waals surface area contributed by atoms with Gasteiger partial charge in [0, 0.05) is 26.2 Å². The summed E-state index contributed by atoms with van der Waals surface area (Å²) in [5.41, 5.74) is 0.374. The van der Waals surface area contributed by atoms with Gasteiger partial charge < -0.3 is 10.1 Å². The van der Waals surface area contributed by atoms with E-state index in [0.717, 1.165) is 13.1 Å². The predicted molar refractivity (Wildman–Crippen MR) is 111 cm³/mol. The highest BCUT2D eigenvalue weighted by atomic mass is 32.2. The second kappa shape index (κ2) is 9.71. The lowest BCUT2D eigenvalue weighted by Crippen LogP contribution is -2.42. The van der Waals surface area contributed by atoms with Gasteiger partial charge in [-0.3, -0.25) is 9.69 Å². The van der Waals surface area contributed by atoms with Crippen LogP contribution < -0.4 is 10.1 Å². The molecule has 1 heterocycles. The van der Waals surface area contributed by atoms with E-state index in [4.69, 9.17) is 4.74 Å². The van der Waals surface area contributed by atoms with Gasteiger partial charge in [-0.05, 0) is 36.5 Å². The first-order chi connectivity index (χ1) is 13.2.